The Kier molecular flexibility index (Phi) is 5.36. The monoisotopic (exact) mass is 248 g/mol. The van der Waals surface area contributed by atoms with Gasteiger partial charge in [-0.15, -0.1) is 0 Å². The van der Waals surface area contributed by atoms with Gasteiger partial charge in [0.1, 0.15) is 0 Å². The van der Waals surface area contributed by atoms with Crippen LogP contribution in [0.5, 0.6) is 0 Å². The van der Waals surface area contributed by atoms with Crippen molar-refractivity contribution in [1.82, 2.24) is 10.2 Å². The number of benzene rings is 1. The topological polar surface area (TPSA) is 49.4 Å². The van der Waals surface area contributed by atoms with Gasteiger partial charge < -0.3 is 10.2 Å². The molecule has 0 saturated heterocycles. The van der Waals surface area contributed by atoms with E-state index in [0.29, 0.717) is 12.8 Å². The van der Waals surface area contributed by atoms with Crippen LogP contribution in [0.4, 0.5) is 0 Å². The molecule has 98 valence electrons. The molecule has 4 nitrogen and oxygen atoms in total. The summed E-state index contributed by atoms with van der Waals surface area (Å²) in [7, 11) is 3.34. The highest BCUT2D eigenvalue weighted by Crippen LogP contribution is 2.06. The minimum Gasteiger partial charge on any atom is -0.347 e. The minimum absolute atomic E-state index is 0.0691. The SMILES string of the molecule is Cc1cccc(CCC(=O)NCC(=O)N(C)C)c1. The van der Waals surface area contributed by atoms with Crippen molar-refractivity contribution in [3.05, 3.63) is 35.4 Å². The minimum atomic E-state index is -0.0982. The summed E-state index contributed by atoms with van der Waals surface area (Å²) in [4.78, 5) is 24.3. The first kappa shape index (κ1) is 14.2. The van der Waals surface area contributed by atoms with E-state index in [1.807, 2.05) is 25.1 Å². The average molecular weight is 248 g/mol. The van der Waals surface area contributed by atoms with Crippen LogP contribution in [0.1, 0.15) is 17.5 Å². The number of nitrogens with zero attached hydrogens (tertiary/aromatic N) is 1. The number of nitrogens with one attached hydrogen (secondary N) is 1. The molecule has 0 radical (unpaired) electrons. The molecule has 1 rings (SSSR count). The first-order valence-electron chi connectivity index (χ1n) is 6.01. The molecular weight excluding hydrogens is 228 g/mol. The first-order valence-corrected chi connectivity index (χ1v) is 6.01. The fourth-order valence-corrected chi connectivity index (χ4v) is 1.55. The third kappa shape index (κ3) is 4.99. The van der Waals surface area contributed by atoms with Gasteiger partial charge in [0.25, 0.3) is 0 Å². The predicted molar refractivity (Wildman–Crippen MR) is 71.2 cm³/mol. The number of aryl methyl sites for hydroxylation is 2. The Labute approximate surface area is 108 Å². The highest BCUT2D eigenvalue weighted by Gasteiger charge is 2.07. The molecule has 0 spiro atoms. The Bertz CT molecular complexity index is 428. The van der Waals surface area contributed by atoms with Crippen LogP contribution in [0, 0.1) is 6.92 Å². The molecule has 0 aliphatic rings. The molecule has 18 heavy (non-hydrogen) atoms. The lowest BCUT2D eigenvalue weighted by molar-refractivity contribution is -0.130. The smallest absolute Gasteiger partial charge is 0.241 e. The molecule has 0 saturated carbocycles. The zero-order chi connectivity index (χ0) is 13.5. The summed E-state index contributed by atoms with van der Waals surface area (Å²) >= 11 is 0. The van der Waals surface area contributed by atoms with Gasteiger partial charge in [-0.1, -0.05) is 29.8 Å². The molecule has 0 aromatic heterocycles. The van der Waals surface area contributed by atoms with Crippen molar-refractivity contribution in [2.75, 3.05) is 20.6 Å². The van der Waals surface area contributed by atoms with Crippen LogP contribution in [0.25, 0.3) is 0 Å². The van der Waals surface area contributed by atoms with Crippen molar-refractivity contribution >= 4 is 11.8 Å². The zero-order valence-electron chi connectivity index (χ0n) is 11.2. The van der Waals surface area contributed by atoms with Gasteiger partial charge >= 0.3 is 0 Å². The van der Waals surface area contributed by atoms with Crippen LogP contribution < -0.4 is 5.32 Å². The number of amides is 2. The highest BCUT2D eigenvalue weighted by molar-refractivity contribution is 5.84. The predicted octanol–water partition coefficient (Wildman–Crippen LogP) is 1.13. The fraction of sp³-hybridized carbons (Fsp3) is 0.429. The van der Waals surface area contributed by atoms with Crippen LogP contribution in [-0.2, 0) is 16.0 Å². The quantitative estimate of drug-likeness (QED) is 0.849. The lowest BCUT2D eigenvalue weighted by Crippen LogP contribution is -2.36. The van der Waals surface area contributed by atoms with E-state index in [4.69, 9.17) is 0 Å². The molecule has 4 heteroatoms. The molecule has 1 aromatic rings. The largest absolute Gasteiger partial charge is 0.347 e. The molecule has 0 fully saturated rings. The van der Waals surface area contributed by atoms with E-state index < -0.39 is 0 Å². The molecular formula is C14H20N2O2. The number of carbonyl (C=O) groups excluding carboxylic acids is 2. The van der Waals surface area contributed by atoms with E-state index in [1.165, 1.54) is 10.5 Å². The van der Waals surface area contributed by atoms with E-state index in [9.17, 15) is 9.59 Å². The van der Waals surface area contributed by atoms with Crippen LogP contribution in [0.3, 0.4) is 0 Å². The zero-order valence-corrected chi connectivity index (χ0v) is 11.2. The third-order valence-electron chi connectivity index (χ3n) is 2.66. The molecule has 0 unspecified atom stereocenters. The van der Waals surface area contributed by atoms with Gasteiger partial charge in [0.05, 0.1) is 6.54 Å². The molecule has 0 heterocycles. The van der Waals surface area contributed by atoms with Gasteiger partial charge in [0.2, 0.25) is 11.8 Å². The standard InChI is InChI=1S/C14H20N2O2/c1-11-5-4-6-12(9-11)7-8-13(17)15-10-14(18)16(2)3/h4-6,9H,7-8,10H2,1-3H3,(H,15,17). The van der Waals surface area contributed by atoms with Gasteiger partial charge in [-0.2, -0.15) is 0 Å². The molecule has 0 aliphatic heterocycles. The van der Waals surface area contributed by atoms with E-state index in [1.54, 1.807) is 14.1 Å². The highest BCUT2D eigenvalue weighted by atomic mass is 16.2. The number of hydrogen-bond acceptors (Lipinski definition) is 2. The Morgan fingerprint density at radius 3 is 2.61 bits per heavy atom. The summed E-state index contributed by atoms with van der Waals surface area (Å²) in [5.41, 5.74) is 2.33. The number of carbonyl (C=O) groups is 2. The van der Waals surface area contributed by atoms with Gasteiger partial charge in [-0.3, -0.25) is 9.59 Å². The number of hydrogen-bond donors (Lipinski definition) is 1. The van der Waals surface area contributed by atoms with Crippen LogP contribution in [0.15, 0.2) is 24.3 Å². The second-order valence-corrected chi connectivity index (χ2v) is 4.55. The second-order valence-electron chi connectivity index (χ2n) is 4.55. The van der Waals surface area contributed by atoms with Crippen LogP contribution in [-0.4, -0.2) is 37.4 Å². The maximum absolute atomic E-state index is 11.5. The Balaban J connectivity index is 2.31. The lowest BCUT2D eigenvalue weighted by Gasteiger charge is -2.10. The van der Waals surface area contributed by atoms with Gasteiger partial charge in [0.15, 0.2) is 0 Å². The summed E-state index contributed by atoms with van der Waals surface area (Å²) in [6, 6.07) is 8.08. The van der Waals surface area contributed by atoms with Gasteiger partial charge in [-0.05, 0) is 18.9 Å². The summed E-state index contributed by atoms with van der Waals surface area (Å²) in [5.74, 6) is -0.189. The Hall–Kier alpha value is -1.84. The molecule has 1 N–H and O–H groups in total. The maximum atomic E-state index is 11.5. The van der Waals surface area contributed by atoms with E-state index in [-0.39, 0.29) is 18.4 Å². The first-order chi connectivity index (χ1) is 8.49. The van der Waals surface area contributed by atoms with Crippen molar-refractivity contribution in [3.8, 4) is 0 Å². The average Bonchev–Trinajstić information content (AvgIpc) is 2.33. The maximum Gasteiger partial charge on any atom is 0.241 e. The Morgan fingerprint density at radius 1 is 1.28 bits per heavy atom. The van der Waals surface area contributed by atoms with Crippen LogP contribution in [0.2, 0.25) is 0 Å². The molecule has 0 atom stereocenters. The summed E-state index contributed by atoms with van der Waals surface area (Å²) in [5, 5.41) is 2.62. The summed E-state index contributed by atoms with van der Waals surface area (Å²) < 4.78 is 0. The number of likely N-dealkylation sites (N-methyl/N-ethyl adjacent to an activating group) is 1. The molecule has 0 aliphatic carbocycles. The van der Waals surface area contributed by atoms with E-state index >= 15 is 0 Å². The second kappa shape index (κ2) is 6.79. The van der Waals surface area contributed by atoms with Gasteiger partial charge in [-0.25, -0.2) is 0 Å². The van der Waals surface area contributed by atoms with Crippen molar-refractivity contribution < 1.29 is 9.59 Å². The summed E-state index contributed by atoms with van der Waals surface area (Å²) in [6.45, 7) is 2.10. The van der Waals surface area contributed by atoms with Crippen LogP contribution >= 0.6 is 0 Å². The molecule has 1 aromatic carbocycles. The van der Waals surface area contributed by atoms with E-state index in [2.05, 4.69) is 11.4 Å². The Morgan fingerprint density at radius 2 is 2.00 bits per heavy atom. The van der Waals surface area contributed by atoms with Crippen molar-refractivity contribution in [2.24, 2.45) is 0 Å². The van der Waals surface area contributed by atoms with Crippen molar-refractivity contribution in [3.63, 3.8) is 0 Å². The van der Waals surface area contributed by atoms with Crippen molar-refractivity contribution in [2.45, 2.75) is 19.8 Å². The van der Waals surface area contributed by atoms with E-state index in [0.717, 1.165) is 5.56 Å². The van der Waals surface area contributed by atoms with Gasteiger partial charge in [0, 0.05) is 20.5 Å². The third-order valence-corrected chi connectivity index (χ3v) is 2.66. The number of rotatable bonds is 5. The summed E-state index contributed by atoms with van der Waals surface area (Å²) in [6.07, 6.45) is 1.10. The van der Waals surface area contributed by atoms with Crippen molar-refractivity contribution in [1.29, 1.82) is 0 Å². The normalized spacial score (nSPS) is 9.94. The molecule has 0 bridgehead atoms. The lowest BCUT2D eigenvalue weighted by atomic mass is 10.1. The fourth-order valence-electron chi connectivity index (χ4n) is 1.55. The molecule has 2 amide bonds.